The summed E-state index contributed by atoms with van der Waals surface area (Å²) in [5.41, 5.74) is 17.0. The van der Waals surface area contributed by atoms with E-state index in [0.29, 0.717) is 16.1 Å². The van der Waals surface area contributed by atoms with Crippen LogP contribution >= 0.6 is 0 Å². The van der Waals surface area contributed by atoms with Gasteiger partial charge in [0.25, 0.3) is 0 Å². The fraction of sp³-hybridized carbons (Fsp3) is 0.167. The summed E-state index contributed by atoms with van der Waals surface area (Å²) in [6.07, 6.45) is 0. The van der Waals surface area contributed by atoms with Gasteiger partial charge in [0, 0.05) is 13.1 Å². The van der Waals surface area contributed by atoms with Gasteiger partial charge in [-0.2, -0.15) is 0 Å². The maximum atomic E-state index is 11.1. The summed E-state index contributed by atoms with van der Waals surface area (Å²) in [4.78, 5) is 0. The normalized spacial score (nSPS) is 9.75. The lowest BCUT2D eigenvalue weighted by Crippen LogP contribution is -2.35. The molecule has 0 spiro atoms. The molecular weight excluding hydrogens is 158 g/mol. The first-order valence-electron chi connectivity index (χ1n) is 3.32. The van der Waals surface area contributed by atoms with Crippen molar-refractivity contribution in [1.82, 2.24) is 0 Å². The minimum absolute atomic E-state index is 0.0102. The predicted octanol–water partition coefficient (Wildman–Crippen LogP) is -0.892. The number of rotatable bonds is 1. The van der Waals surface area contributed by atoms with Crippen LogP contribution in [0.4, 0.5) is 23.0 Å². The number of hydrogen-bond donors (Lipinski definition) is 4. The summed E-state index contributed by atoms with van der Waals surface area (Å²) in [5.74, 6) is -0.0287. The molecule has 1 aromatic heterocycles. The zero-order valence-electron chi connectivity index (χ0n) is 6.66. The van der Waals surface area contributed by atoms with Gasteiger partial charge in [-0.3, -0.25) is 0 Å². The van der Waals surface area contributed by atoms with Crippen LogP contribution < -0.4 is 27.2 Å². The highest BCUT2D eigenvalue weighted by Crippen LogP contribution is 2.23. The molecule has 0 radical (unpaired) electrons. The second-order valence-electron chi connectivity index (χ2n) is 2.33. The predicted molar refractivity (Wildman–Crippen MR) is 48.2 cm³/mol. The number of hydrogen-bond acceptors (Lipinski definition) is 5. The Morgan fingerprint density at radius 2 is 2.00 bits per heavy atom. The lowest BCUT2D eigenvalue weighted by atomic mass is 10.3. The number of nitrogens with zero attached hydrogens (tertiary/aromatic N) is 1. The van der Waals surface area contributed by atoms with Crippen LogP contribution in [0.3, 0.4) is 0 Å². The van der Waals surface area contributed by atoms with Crippen molar-refractivity contribution in [2.24, 2.45) is 0 Å². The summed E-state index contributed by atoms with van der Waals surface area (Å²) in [5, 5.41) is 13.8. The standard InChI is InChI=1S/C6H11N5O/c1-10-5-3(7)2-4(8)11(12)6(5)9/h2,10H,7-9H2,1H3. The smallest absolute Gasteiger partial charge is 0.245 e. The molecule has 0 aliphatic carbocycles. The number of nitrogens with two attached hydrogens (primary N) is 3. The van der Waals surface area contributed by atoms with E-state index in [9.17, 15) is 5.21 Å². The van der Waals surface area contributed by atoms with Gasteiger partial charge >= 0.3 is 0 Å². The van der Waals surface area contributed by atoms with E-state index in [4.69, 9.17) is 17.2 Å². The fourth-order valence-electron chi connectivity index (χ4n) is 0.951. The third-order valence-corrected chi connectivity index (χ3v) is 1.55. The average Bonchev–Trinajstić information content (AvgIpc) is 2.01. The molecule has 0 bridgehead atoms. The van der Waals surface area contributed by atoms with Gasteiger partial charge in [-0.05, 0) is 0 Å². The molecule has 12 heavy (non-hydrogen) atoms. The van der Waals surface area contributed by atoms with Crippen molar-refractivity contribution in [3.63, 3.8) is 0 Å². The summed E-state index contributed by atoms with van der Waals surface area (Å²) in [7, 11) is 1.62. The summed E-state index contributed by atoms with van der Waals surface area (Å²) >= 11 is 0. The van der Waals surface area contributed by atoms with E-state index in [0.717, 1.165) is 0 Å². The van der Waals surface area contributed by atoms with Crippen LogP contribution in [-0.4, -0.2) is 7.05 Å². The Morgan fingerprint density at radius 3 is 2.50 bits per heavy atom. The van der Waals surface area contributed by atoms with E-state index in [1.165, 1.54) is 6.07 Å². The van der Waals surface area contributed by atoms with Crippen LogP contribution in [0.1, 0.15) is 0 Å². The molecule has 0 saturated carbocycles. The van der Waals surface area contributed by atoms with Crippen molar-refractivity contribution in [3.05, 3.63) is 11.3 Å². The number of aromatic nitrogens is 1. The zero-order valence-corrected chi connectivity index (χ0v) is 6.66. The van der Waals surface area contributed by atoms with Gasteiger partial charge in [0.1, 0.15) is 5.69 Å². The van der Waals surface area contributed by atoms with Gasteiger partial charge in [0.15, 0.2) is 0 Å². The molecule has 66 valence electrons. The lowest BCUT2D eigenvalue weighted by Gasteiger charge is -2.14. The van der Waals surface area contributed by atoms with Crippen LogP contribution in [0, 0.1) is 5.21 Å². The molecule has 0 atom stereocenters. The van der Waals surface area contributed by atoms with Gasteiger partial charge < -0.3 is 27.7 Å². The van der Waals surface area contributed by atoms with E-state index in [1.807, 2.05) is 0 Å². The first-order chi connectivity index (χ1) is 5.57. The maximum absolute atomic E-state index is 11.1. The first kappa shape index (κ1) is 8.25. The van der Waals surface area contributed by atoms with Crippen molar-refractivity contribution < 1.29 is 4.73 Å². The van der Waals surface area contributed by atoms with Crippen molar-refractivity contribution in [2.75, 3.05) is 29.6 Å². The molecule has 0 amide bonds. The summed E-state index contributed by atoms with van der Waals surface area (Å²) < 4.78 is 0.419. The summed E-state index contributed by atoms with van der Waals surface area (Å²) in [6.45, 7) is 0. The Bertz CT molecular complexity index is 311. The number of pyridine rings is 1. The fourth-order valence-corrected chi connectivity index (χ4v) is 0.951. The third kappa shape index (κ3) is 1.03. The highest BCUT2D eigenvalue weighted by Gasteiger charge is 2.10. The Morgan fingerprint density at radius 1 is 1.42 bits per heavy atom. The quantitative estimate of drug-likeness (QED) is 0.321. The number of nitrogens with one attached hydrogen (secondary N) is 1. The molecular formula is C6H11N5O. The van der Waals surface area contributed by atoms with Crippen molar-refractivity contribution in [2.45, 2.75) is 0 Å². The Hall–Kier alpha value is -1.85. The molecule has 1 rings (SSSR count). The van der Waals surface area contributed by atoms with Crippen LogP contribution in [-0.2, 0) is 0 Å². The molecule has 0 aromatic carbocycles. The lowest BCUT2D eigenvalue weighted by molar-refractivity contribution is -0.573. The largest absolute Gasteiger partial charge is 0.740 e. The van der Waals surface area contributed by atoms with Gasteiger partial charge in [0.05, 0.1) is 5.69 Å². The minimum atomic E-state index is -0.0185. The molecule has 0 aliphatic rings. The highest BCUT2D eigenvalue weighted by molar-refractivity contribution is 5.76. The molecule has 1 aromatic rings. The van der Waals surface area contributed by atoms with Gasteiger partial charge in [-0.15, -0.1) is 0 Å². The molecule has 7 N–H and O–H groups in total. The van der Waals surface area contributed by atoms with Crippen molar-refractivity contribution >= 4 is 23.0 Å². The van der Waals surface area contributed by atoms with Crippen LogP contribution in [0.5, 0.6) is 0 Å². The zero-order chi connectivity index (χ0) is 9.30. The van der Waals surface area contributed by atoms with E-state index in [-0.39, 0.29) is 11.6 Å². The van der Waals surface area contributed by atoms with E-state index >= 15 is 0 Å². The van der Waals surface area contributed by atoms with E-state index in [2.05, 4.69) is 5.32 Å². The van der Waals surface area contributed by atoms with Gasteiger partial charge in [0.2, 0.25) is 11.6 Å². The van der Waals surface area contributed by atoms with E-state index in [1.54, 1.807) is 7.05 Å². The second kappa shape index (κ2) is 2.65. The highest BCUT2D eigenvalue weighted by atomic mass is 16.5. The topological polar surface area (TPSA) is 117 Å². The number of nitrogen functional groups attached to an aromatic ring is 3. The molecule has 1 heterocycles. The molecule has 0 aliphatic heterocycles. The summed E-state index contributed by atoms with van der Waals surface area (Å²) in [6, 6.07) is 1.36. The Kier molecular flexibility index (Phi) is 1.82. The van der Waals surface area contributed by atoms with Crippen molar-refractivity contribution in [1.29, 1.82) is 0 Å². The average molecular weight is 169 g/mol. The number of anilines is 4. The third-order valence-electron chi connectivity index (χ3n) is 1.55. The SMILES string of the molecule is CNc1c(N)cc(N)[n+]([O-])c1N. The molecule has 0 fully saturated rings. The first-order valence-corrected chi connectivity index (χ1v) is 3.32. The molecule has 6 heteroatoms. The van der Waals surface area contributed by atoms with Crippen LogP contribution in [0.25, 0.3) is 0 Å². The van der Waals surface area contributed by atoms with Crippen LogP contribution in [0.15, 0.2) is 6.07 Å². The maximum Gasteiger partial charge on any atom is 0.245 e. The van der Waals surface area contributed by atoms with Crippen molar-refractivity contribution in [3.8, 4) is 0 Å². The monoisotopic (exact) mass is 169 g/mol. The molecule has 6 nitrogen and oxygen atoms in total. The molecule has 0 saturated heterocycles. The Balaban J connectivity index is 3.40. The van der Waals surface area contributed by atoms with Gasteiger partial charge in [-0.25, -0.2) is 4.73 Å². The second-order valence-corrected chi connectivity index (χ2v) is 2.33. The van der Waals surface area contributed by atoms with Gasteiger partial charge in [-0.1, -0.05) is 0 Å². The van der Waals surface area contributed by atoms with Crippen LogP contribution in [0.2, 0.25) is 0 Å². The minimum Gasteiger partial charge on any atom is -0.740 e. The Labute approximate surface area is 69.5 Å². The molecule has 0 unspecified atom stereocenters. The van der Waals surface area contributed by atoms with E-state index < -0.39 is 0 Å².